The minimum absolute atomic E-state index is 0.426. The molecule has 1 saturated carbocycles. The Morgan fingerprint density at radius 1 is 1.09 bits per heavy atom. The molecule has 0 bridgehead atoms. The van der Waals surface area contributed by atoms with E-state index in [1.54, 1.807) is 12.1 Å². The summed E-state index contributed by atoms with van der Waals surface area (Å²) in [4.78, 5) is 0. The van der Waals surface area contributed by atoms with Crippen LogP contribution in [0, 0.1) is 5.92 Å². The van der Waals surface area contributed by atoms with Gasteiger partial charge in [-0.3, -0.25) is 5.10 Å². The Morgan fingerprint density at radius 3 is 2.64 bits per heavy atom. The topological polar surface area (TPSA) is 28.7 Å². The summed E-state index contributed by atoms with van der Waals surface area (Å²) in [5.74, 6) is 1.01. The van der Waals surface area contributed by atoms with E-state index in [1.807, 2.05) is 6.20 Å². The monoisotopic (exact) mass is 350 g/mol. The Morgan fingerprint density at radius 2 is 1.86 bits per heavy atom. The molecule has 1 aliphatic rings. The second kappa shape index (κ2) is 5.45. The smallest absolute Gasteiger partial charge is 0.0653 e. The van der Waals surface area contributed by atoms with Crippen molar-refractivity contribution in [3.63, 3.8) is 0 Å². The van der Waals surface area contributed by atoms with E-state index in [2.05, 4.69) is 28.4 Å². The largest absolute Gasteiger partial charge is 0.278 e. The summed E-state index contributed by atoms with van der Waals surface area (Å²) in [5.41, 5.74) is 3.43. The van der Waals surface area contributed by atoms with Gasteiger partial charge in [0.15, 0.2) is 0 Å². The van der Waals surface area contributed by atoms with E-state index in [4.69, 9.17) is 34.8 Å². The normalized spacial score (nSPS) is 20.5. The molecular weight excluding hydrogens is 339 g/mol. The first-order valence-corrected chi connectivity index (χ1v) is 8.31. The minimum atomic E-state index is 0.426. The van der Waals surface area contributed by atoms with Crippen LogP contribution >= 0.6 is 34.8 Å². The average molecular weight is 352 g/mol. The van der Waals surface area contributed by atoms with Crippen molar-refractivity contribution in [3.05, 3.63) is 62.7 Å². The number of hydrogen-bond acceptors (Lipinski definition) is 1. The Kier molecular flexibility index (Phi) is 3.56. The summed E-state index contributed by atoms with van der Waals surface area (Å²) in [5, 5.41) is 10.1. The molecule has 22 heavy (non-hydrogen) atoms. The van der Waals surface area contributed by atoms with Gasteiger partial charge in [-0.25, -0.2) is 0 Å². The van der Waals surface area contributed by atoms with Crippen LogP contribution < -0.4 is 0 Å². The van der Waals surface area contributed by atoms with Crippen molar-refractivity contribution >= 4 is 45.7 Å². The third kappa shape index (κ3) is 2.60. The van der Waals surface area contributed by atoms with Crippen LogP contribution in [-0.4, -0.2) is 10.2 Å². The van der Waals surface area contributed by atoms with Gasteiger partial charge in [0.2, 0.25) is 0 Å². The van der Waals surface area contributed by atoms with Crippen LogP contribution in [-0.2, 0) is 6.42 Å². The fourth-order valence-corrected chi connectivity index (χ4v) is 4.25. The summed E-state index contributed by atoms with van der Waals surface area (Å²) < 4.78 is 0. The molecule has 0 aliphatic heterocycles. The molecule has 112 valence electrons. The molecule has 4 rings (SSSR count). The van der Waals surface area contributed by atoms with E-state index in [0.717, 1.165) is 29.3 Å². The molecular formula is C17H13Cl3N2. The van der Waals surface area contributed by atoms with Crippen molar-refractivity contribution in [2.45, 2.75) is 18.8 Å². The number of aromatic amines is 1. The number of nitrogens with one attached hydrogen (secondary N) is 1. The van der Waals surface area contributed by atoms with Gasteiger partial charge < -0.3 is 0 Å². The van der Waals surface area contributed by atoms with Crippen molar-refractivity contribution in [1.29, 1.82) is 0 Å². The molecule has 5 heteroatoms. The predicted molar refractivity (Wildman–Crippen MR) is 92.1 cm³/mol. The zero-order valence-corrected chi connectivity index (χ0v) is 13.9. The lowest BCUT2D eigenvalue weighted by Gasteiger charge is -2.08. The van der Waals surface area contributed by atoms with Crippen LogP contribution in [0.5, 0.6) is 0 Å². The van der Waals surface area contributed by atoms with Crippen LogP contribution in [0.3, 0.4) is 0 Å². The fraction of sp³-hybridized carbons (Fsp3) is 0.235. The molecule has 0 amide bonds. The summed E-state index contributed by atoms with van der Waals surface area (Å²) in [6, 6.07) is 9.99. The van der Waals surface area contributed by atoms with Gasteiger partial charge in [0.05, 0.1) is 11.7 Å². The summed E-state index contributed by atoms with van der Waals surface area (Å²) in [6.45, 7) is 0. The standard InChI is InChI=1S/C17H13Cl3N2/c18-12-6-14(19)17(15(20)7-12)13-5-11(13)3-9-1-2-10-8-21-22-16(10)4-9/h1-2,4,6-8,11,13H,3,5H2,(H,21,22). The first-order valence-electron chi connectivity index (χ1n) is 7.18. The first kappa shape index (κ1) is 14.4. The van der Waals surface area contributed by atoms with E-state index in [0.29, 0.717) is 26.9 Å². The molecule has 2 unspecified atom stereocenters. The van der Waals surface area contributed by atoms with Gasteiger partial charge in [0.25, 0.3) is 0 Å². The second-order valence-corrected chi connectivity index (χ2v) is 7.13. The Labute approximate surface area is 143 Å². The Balaban J connectivity index is 1.55. The van der Waals surface area contributed by atoms with E-state index in [-0.39, 0.29) is 0 Å². The highest BCUT2D eigenvalue weighted by Crippen LogP contribution is 2.53. The van der Waals surface area contributed by atoms with Gasteiger partial charge in [0.1, 0.15) is 0 Å². The third-order valence-corrected chi connectivity index (χ3v) is 5.19. The number of hydrogen-bond donors (Lipinski definition) is 1. The molecule has 1 heterocycles. The molecule has 0 spiro atoms. The van der Waals surface area contributed by atoms with Gasteiger partial charge in [-0.1, -0.05) is 46.9 Å². The number of benzene rings is 2. The van der Waals surface area contributed by atoms with Crippen LogP contribution in [0.2, 0.25) is 15.1 Å². The van der Waals surface area contributed by atoms with Gasteiger partial charge in [-0.15, -0.1) is 0 Å². The van der Waals surface area contributed by atoms with Gasteiger partial charge >= 0.3 is 0 Å². The molecule has 0 radical (unpaired) electrons. The van der Waals surface area contributed by atoms with Gasteiger partial charge in [0, 0.05) is 20.5 Å². The predicted octanol–water partition coefficient (Wildman–Crippen LogP) is 5.87. The fourth-order valence-electron chi connectivity index (χ4n) is 3.15. The maximum absolute atomic E-state index is 6.32. The highest BCUT2D eigenvalue weighted by molar-refractivity contribution is 6.39. The van der Waals surface area contributed by atoms with E-state index in [9.17, 15) is 0 Å². The van der Waals surface area contributed by atoms with Crippen LogP contribution in [0.4, 0.5) is 0 Å². The molecule has 2 nitrogen and oxygen atoms in total. The highest BCUT2D eigenvalue weighted by Gasteiger charge is 2.40. The molecule has 1 fully saturated rings. The van der Waals surface area contributed by atoms with Gasteiger partial charge in [-0.2, -0.15) is 5.10 Å². The molecule has 2 aromatic carbocycles. The lowest BCUT2D eigenvalue weighted by atomic mass is 10.0. The zero-order chi connectivity index (χ0) is 15.3. The molecule has 1 N–H and O–H groups in total. The summed E-state index contributed by atoms with van der Waals surface area (Å²) in [6.07, 6.45) is 3.98. The first-order chi connectivity index (χ1) is 10.6. The number of H-pyrrole nitrogens is 1. The summed E-state index contributed by atoms with van der Waals surface area (Å²) >= 11 is 18.6. The molecule has 1 aliphatic carbocycles. The van der Waals surface area contributed by atoms with Crippen molar-refractivity contribution in [2.24, 2.45) is 5.92 Å². The Bertz CT molecular complexity index is 833. The number of nitrogens with zero attached hydrogens (tertiary/aromatic N) is 1. The van der Waals surface area contributed by atoms with Crippen molar-refractivity contribution in [2.75, 3.05) is 0 Å². The minimum Gasteiger partial charge on any atom is -0.278 e. The van der Waals surface area contributed by atoms with Crippen LogP contribution in [0.15, 0.2) is 36.5 Å². The van der Waals surface area contributed by atoms with Crippen molar-refractivity contribution in [3.8, 4) is 0 Å². The SMILES string of the molecule is Clc1cc(Cl)c(C2CC2Cc2ccc3cn[nH]c3c2)c(Cl)c1. The average Bonchev–Trinajstić information content (AvgIpc) is 3.02. The second-order valence-electron chi connectivity index (χ2n) is 5.88. The summed E-state index contributed by atoms with van der Waals surface area (Å²) in [7, 11) is 0. The van der Waals surface area contributed by atoms with E-state index >= 15 is 0 Å². The third-order valence-electron chi connectivity index (χ3n) is 4.34. The number of fused-ring (bicyclic) bond motifs is 1. The van der Waals surface area contributed by atoms with Crippen LogP contribution in [0.25, 0.3) is 10.9 Å². The zero-order valence-electron chi connectivity index (χ0n) is 11.6. The molecule has 2 atom stereocenters. The van der Waals surface area contributed by atoms with Crippen molar-refractivity contribution in [1.82, 2.24) is 10.2 Å². The Hall–Kier alpha value is -1.22. The maximum Gasteiger partial charge on any atom is 0.0653 e. The van der Waals surface area contributed by atoms with Crippen molar-refractivity contribution < 1.29 is 0 Å². The highest BCUT2D eigenvalue weighted by atomic mass is 35.5. The van der Waals surface area contributed by atoms with Crippen LogP contribution in [0.1, 0.15) is 23.5 Å². The van der Waals surface area contributed by atoms with E-state index in [1.165, 1.54) is 5.56 Å². The number of rotatable bonds is 3. The maximum atomic E-state index is 6.32. The number of aromatic nitrogens is 2. The quantitative estimate of drug-likeness (QED) is 0.628. The lowest BCUT2D eigenvalue weighted by molar-refractivity contribution is 0.796. The van der Waals surface area contributed by atoms with E-state index < -0.39 is 0 Å². The lowest BCUT2D eigenvalue weighted by Crippen LogP contribution is -1.92. The molecule has 0 saturated heterocycles. The molecule has 3 aromatic rings. The molecule has 1 aromatic heterocycles. The van der Waals surface area contributed by atoms with Gasteiger partial charge in [-0.05, 0) is 54.0 Å². The number of halogens is 3.